The van der Waals surface area contributed by atoms with Crippen LogP contribution in [-0.2, 0) is 17.7 Å². The normalized spacial score (nSPS) is 19.8. The Labute approximate surface area is 116 Å². The van der Waals surface area contributed by atoms with Crippen molar-refractivity contribution in [2.75, 3.05) is 13.2 Å². The molecule has 0 aromatic carbocycles. The van der Waals surface area contributed by atoms with E-state index in [1.54, 1.807) is 0 Å². The van der Waals surface area contributed by atoms with Crippen LogP contribution in [0.5, 0.6) is 0 Å². The van der Waals surface area contributed by atoms with Crippen molar-refractivity contribution in [2.24, 2.45) is 5.92 Å². The highest BCUT2D eigenvalue weighted by molar-refractivity contribution is 5.05. The van der Waals surface area contributed by atoms with Gasteiger partial charge in [0.2, 0.25) is 0 Å². The minimum absolute atomic E-state index is 0.318. The van der Waals surface area contributed by atoms with Gasteiger partial charge in [-0.15, -0.1) is 0 Å². The number of nitrogens with zero attached hydrogens (tertiary/aromatic N) is 2. The third-order valence-corrected chi connectivity index (χ3v) is 3.32. The first-order valence-corrected chi connectivity index (χ1v) is 7.36. The van der Waals surface area contributed by atoms with Gasteiger partial charge in [-0.05, 0) is 31.7 Å². The molecule has 19 heavy (non-hydrogen) atoms. The maximum absolute atomic E-state index is 5.71. The minimum atomic E-state index is 0.318. The lowest BCUT2D eigenvalue weighted by Crippen LogP contribution is -2.22. The third kappa shape index (κ3) is 5.25. The van der Waals surface area contributed by atoms with E-state index >= 15 is 0 Å². The summed E-state index contributed by atoms with van der Waals surface area (Å²) in [7, 11) is 0. The lowest BCUT2D eigenvalue weighted by Gasteiger charge is -2.21. The molecule has 0 amide bonds. The van der Waals surface area contributed by atoms with Gasteiger partial charge in [-0.25, -0.2) is 9.97 Å². The second kappa shape index (κ2) is 7.56. The van der Waals surface area contributed by atoms with E-state index in [1.807, 2.05) is 12.4 Å². The zero-order valence-electron chi connectivity index (χ0n) is 12.1. The van der Waals surface area contributed by atoms with E-state index in [0.29, 0.717) is 12.0 Å². The zero-order chi connectivity index (χ0) is 13.5. The van der Waals surface area contributed by atoms with Crippen LogP contribution in [0.1, 0.15) is 44.5 Å². The first-order valence-electron chi connectivity index (χ1n) is 7.36. The molecule has 0 aliphatic carbocycles. The predicted octanol–water partition coefficient (Wildman–Crippen LogP) is 2.33. The Morgan fingerprint density at radius 2 is 2.11 bits per heavy atom. The highest BCUT2D eigenvalue weighted by Gasteiger charge is 2.15. The molecule has 2 heterocycles. The molecule has 1 atom stereocenters. The Morgan fingerprint density at radius 3 is 2.74 bits per heavy atom. The third-order valence-electron chi connectivity index (χ3n) is 3.32. The van der Waals surface area contributed by atoms with Crippen LogP contribution in [-0.4, -0.2) is 29.2 Å². The van der Waals surface area contributed by atoms with Crippen molar-refractivity contribution in [2.45, 2.75) is 52.2 Å². The molecule has 1 unspecified atom stereocenters. The standard InChI is InChI=1S/C15H25N3O/c1-12(2)8-16-9-13-10-17-15(18-11-13)7-14-5-3-4-6-19-14/h10-12,14,16H,3-9H2,1-2H3. The number of aromatic nitrogens is 2. The van der Waals surface area contributed by atoms with Gasteiger partial charge < -0.3 is 10.1 Å². The Bertz CT molecular complexity index is 358. The topological polar surface area (TPSA) is 47.0 Å². The van der Waals surface area contributed by atoms with Gasteiger partial charge >= 0.3 is 0 Å². The van der Waals surface area contributed by atoms with Crippen molar-refractivity contribution in [3.8, 4) is 0 Å². The van der Waals surface area contributed by atoms with Crippen LogP contribution in [0, 0.1) is 5.92 Å². The molecule has 1 aliphatic rings. The van der Waals surface area contributed by atoms with Crippen molar-refractivity contribution >= 4 is 0 Å². The first kappa shape index (κ1) is 14.4. The summed E-state index contributed by atoms with van der Waals surface area (Å²) in [6.45, 7) is 7.17. The molecule has 106 valence electrons. The van der Waals surface area contributed by atoms with E-state index in [2.05, 4.69) is 29.1 Å². The molecular weight excluding hydrogens is 238 g/mol. The molecule has 0 spiro atoms. The lowest BCUT2D eigenvalue weighted by molar-refractivity contribution is 0.0156. The van der Waals surface area contributed by atoms with Crippen molar-refractivity contribution < 1.29 is 4.74 Å². The van der Waals surface area contributed by atoms with E-state index in [4.69, 9.17) is 4.74 Å². The molecule has 0 bridgehead atoms. The second-order valence-electron chi connectivity index (χ2n) is 5.72. The molecule has 1 aromatic heterocycles. The SMILES string of the molecule is CC(C)CNCc1cnc(CC2CCCCO2)nc1. The van der Waals surface area contributed by atoms with Gasteiger partial charge in [-0.3, -0.25) is 0 Å². The van der Waals surface area contributed by atoms with Gasteiger partial charge in [0.25, 0.3) is 0 Å². The summed E-state index contributed by atoms with van der Waals surface area (Å²) in [5, 5.41) is 3.40. The van der Waals surface area contributed by atoms with Crippen LogP contribution in [0.25, 0.3) is 0 Å². The van der Waals surface area contributed by atoms with E-state index in [0.717, 1.165) is 43.9 Å². The van der Waals surface area contributed by atoms with Gasteiger partial charge in [-0.1, -0.05) is 13.8 Å². The van der Waals surface area contributed by atoms with Crippen LogP contribution in [0.3, 0.4) is 0 Å². The van der Waals surface area contributed by atoms with Crippen LogP contribution >= 0.6 is 0 Å². The fraction of sp³-hybridized carbons (Fsp3) is 0.733. The van der Waals surface area contributed by atoms with Gasteiger partial charge in [0, 0.05) is 37.5 Å². The van der Waals surface area contributed by atoms with Crippen LogP contribution in [0.4, 0.5) is 0 Å². The molecule has 0 saturated carbocycles. The van der Waals surface area contributed by atoms with E-state index in [9.17, 15) is 0 Å². The van der Waals surface area contributed by atoms with Gasteiger partial charge in [0.1, 0.15) is 5.82 Å². The van der Waals surface area contributed by atoms with Gasteiger partial charge in [0.15, 0.2) is 0 Å². The Balaban J connectivity index is 1.77. The predicted molar refractivity (Wildman–Crippen MR) is 75.9 cm³/mol. The molecule has 1 fully saturated rings. The fourth-order valence-corrected chi connectivity index (χ4v) is 2.26. The van der Waals surface area contributed by atoms with Gasteiger partial charge in [0.05, 0.1) is 6.10 Å². The number of hydrogen-bond acceptors (Lipinski definition) is 4. The van der Waals surface area contributed by atoms with Crippen molar-refractivity contribution in [1.82, 2.24) is 15.3 Å². The smallest absolute Gasteiger partial charge is 0.130 e. The number of nitrogens with one attached hydrogen (secondary N) is 1. The summed E-state index contributed by atoms with van der Waals surface area (Å²) < 4.78 is 5.71. The van der Waals surface area contributed by atoms with Gasteiger partial charge in [-0.2, -0.15) is 0 Å². The molecule has 2 rings (SSSR count). The van der Waals surface area contributed by atoms with Crippen LogP contribution in [0.15, 0.2) is 12.4 Å². The quantitative estimate of drug-likeness (QED) is 0.855. The number of ether oxygens (including phenoxy) is 1. The monoisotopic (exact) mass is 263 g/mol. The highest BCUT2D eigenvalue weighted by Crippen LogP contribution is 2.15. The van der Waals surface area contributed by atoms with E-state index < -0.39 is 0 Å². The summed E-state index contributed by atoms with van der Waals surface area (Å²) in [6.07, 6.45) is 8.62. The summed E-state index contributed by atoms with van der Waals surface area (Å²) in [6, 6.07) is 0. The molecule has 1 N–H and O–H groups in total. The lowest BCUT2D eigenvalue weighted by atomic mass is 10.1. The molecule has 1 aliphatic heterocycles. The van der Waals surface area contributed by atoms with E-state index in [-0.39, 0.29) is 0 Å². The molecule has 4 nitrogen and oxygen atoms in total. The van der Waals surface area contributed by atoms with Crippen LogP contribution in [0.2, 0.25) is 0 Å². The van der Waals surface area contributed by atoms with E-state index in [1.165, 1.54) is 12.8 Å². The summed E-state index contributed by atoms with van der Waals surface area (Å²) in [4.78, 5) is 8.88. The molecule has 1 aromatic rings. The number of hydrogen-bond donors (Lipinski definition) is 1. The zero-order valence-corrected chi connectivity index (χ0v) is 12.1. The molecule has 0 radical (unpaired) electrons. The molecular formula is C15H25N3O. The van der Waals surface area contributed by atoms with Crippen LogP contribution < -0.4 is 5.32 Å². The largest absolute Gasteiger partial charge is 0.378 e. The van der Waals surface area contributed by atoms with Crippen molar-refractivity contribution in [1.29, 1.82) is 0 Å². The average Bonchev–Trinajstić information content (AvgIpc) is 2.42. The molecule has 1 saturated heterocycles. The Hall–Kier alpha value is -1.00. The van der Waals surface area contributed by atoms with Crippen molar-refractivity contribution in [3.05, 3.63) is 23.8 Å². The maximum atomic E-state index is 5.71. The average molecular weight is 263 g/mol. The maximum Gasteiger partial charge on any atom is 0.130 e. The highest BCUT2D eigenvalue weighted by atomic mass is 16.5. The second-order valence-corrected chi connectivity index (χ2v) is 5.72. The summed E-state index contributed by atoms with van der Waals surface area (Å²) >= 11 is 0. The minimum Gasteiger partial charge on any atom is -0.378 e. The molecule has 4 heteroatoms. The number of rotatable bonds is 6. The fourth-order valence-electron chi connectivity index (χ4n) is 2.26. The Morgan fingerprint density at radius 1 is 1.32 bits per heavy atom. The first-order chi connectivity index (χ1) is 9.24. The Kier molecular flexibility index (Phi) is 5.73. The summed E-state index contributed by atoms with van der Waals surface area (Å²) in [5.41, 5.74) is 1.15. The van der Waals surface area contributed by atoms with Crippen molar-refractivity contribution in [3.63, 3.8) is 0 Å². The summed E-state index contributed by atoms with van der Waals surface area (Å²) in [5.74, 6) is 1.57.